The lowest BCUT2D eigenvalue weighted by molar-refractivity contribution is -0.145. The standard InChI is InChI=1S/C15H13F2NO5/c16-15(17)22-8-3-1-7(2-4-8)18-13(19)11-9-5-6-10(23-9)12(11)14(20)21/h1-6,9-12,15H,(H,18,19)(H,20,21)/t9-,10+,11-,12+/m1/s1. The van der Waals surface area contributed by atoms with Gasteiger partial charge in [0.15, 0.2) is 0 Å². The summed E-state index contributed by atoms with van der Waals surface area (Å²) in [4.78, 5) is 23.7. The summed E-state index contributed by atoms with van der Waals surface area (Å²) in [5.41, 5.74) is 0.354. The van der Waals surface area contributed by atoms with E-state index < -0.39 is 42.5 Å². The molecule has 23 heavy (non-hydrogen) atoms. The van der Waals surface area contributed by atoms with Crippen LogP contribution < -0.4 is 10.1 Å². The summed E-state index contributed by atoms with van der Waals surface area (Å²) >= 11 is 0. The molecule has 3 rings (SSSR count). The van der Waals surface area contributed by atoms with Gasteiger partial charge in [-0.2, -0.15) is 8.78 Å². The van der Waals surface area contributed by atoms with Gasteiger partial charge in [0.05, 0.1) is 18.1 Å². The number of rotatable bonds is 5. The van der Waals surface area contributed by atoms with Crippen molar-refractivity contribution in [1.29, 1.82) is 0 Å². The van der Waals surface area contributed by atoms with Gasteiger partial charge in [-0.1, -0.05) is 12.2 Å². The summed E-state index contributed by atoms with van der Waals surface area (Å²) in [5, 5.41) is 11.8. The number of amides is 1. The van der Waals surface area contributed by atoms with E-state index in [0.717, 1.165) is 0 Å². The number of hydrogen-bond donors (Lipinski definition) is 2. The monoisotopic (exact) mass is 325 g/mol. The quantitative estimate of drug-likeness (QED) is 0.808. The number of fused-ring (bicyclic) bond motifs is 2. The predicted molar refractivity (Wildman–Crippen MR) is 74.1 cm³/mol. The first-order valence-electron chi connectivity index (χ1n) is 6.88. The number of aliphatic carboxylic acids is 1. The van der Waals surface area contributed by atoms with E-state index in [0.29, 0.717) is 5.69 Å². The first kappa shape index (κ1) is 15.4. The van der Waals surface area contributed by atoms with E-state index in [1.807, 2.05) is 0 Å². The van der Waals surface area contributed by atoms with Gasteiger partial charge in [-0.15, -0.1) is 0 Å². The molecule has 1 amide bonds. The van der Waals surface area contributed by atoms with Crippen molar-refractivity contribution in [3.8, 4) is 5.75 Å². The normalized spacial score (nSPS) is 28.1. The second-order valence-corrected chi connectivity index (χ2v) is 5.23. The molecule has 2 bridgehead atoms. The van der Waals surface area contributed by atoms with Crippen molar-refractivity contribution in [2.75, 3.05) is 5.32 Å². The Kier molecular flexibility index (Phi) is 3.99. The maximum absolute atomic E-state index is 12.3. The van der Waals surface area contributed by atoms with E-state index in [2.05, 4.69) is 10.1 Å². The Morgan fingerprint density at radius 3 is 2.30 bits per heavy atom. The molecule has 0 unspecified atom stereocenters. The maximum atomic E-state index is 12.3. The van der Waals surface area contributed by atoms with Crippen molar-refractivity contribution in [2.24, 2.45) is 11.8 Å². The van der Waals surface area contributed by atoms with Crippen molar-refractivity contribution >= 4 is 17.6 Å². The average molecular weight is 325 g/mol. The predicted octanol–water partition coefficient (Wildman–Crippen LogP) is 1.88. The highest BCUT2D eigenvalue weighted by Crippen LogP contribution is 2.39. The molecule has 0 spiro atoms. The summed E-state index contributed by atoms with van der Waals surface area (Å²) in [6.07, 6.45) is 2.15. The van der Waals surface area contributed by atoms with E-state index in [-0.39, 0.29) is 5.75 Å². The molecule has 122 valence electrons. The zero-order chi connectivity index (χ0) is 16.6. The van der Waals surface area contributed by atoms with Crippen molar-refractivity contribution in [3.05, 3.63) is 36.4 Å². The number of anilines is 1. The van der Waals surface area contributed by atoms with Gasteiger partial charge in [0.25, 0.3) is 0 Å². The molecule has 2 aliphatic rings. The second kappa shape index (κ2) is 5.96. The first-order chi connectivity index (χ1) is 11.0. The number of carbonyl (C=O) groups excluding carboxylic acids is 1. The minimum Gasteiger partial charge on any atom is -0.481 e. The number of nitrogens with one attached hydrogen (secondary N) is 1. The fraction of sp³-hybridized carbons (Fsp3) is 0.333. The highest BCUT2D eigenvalue weighted by molar-refractivity contribution is 5.96. The lowest BCUT2D eigenvalue weighted by Gasteiger charge is -2.21. The van der Waals surface area contributed by atoms with E-state index in [9.17, 15) is 23.5 Å². The van der Waals surface area contributed by atoms with E-state index in [4.69, 9.17) is 4.74 Å². The molecule has 8 heteroatoms. The number of benzene rings is 1. The fourth-order valence-corrected chi connectivity index (χ4v) is 2.86. The Morgan fingerprint density at radius 2 is 1.74 bits per heavy atom. The van der Waals surface area contributed by atoms with Crippen molar-refractivity contribution in [3.63, 3.8) is 0 Å². The highest BCUT2D eigenvalue weighted by Gasteiger charge is 2.53. The summed E-state index contributed by atoms with van der Waals surface area (Å²) in [5.74, 6) is -3.39. The zero-order valence-electron chi connectivity index (χ0n) is 11.7. The van der Waals surface area contributed by atoms with Crippen LogP contribution in [0.5, 0.6) is 5.75 Å². The molecule has 1 saturated heterocycles. The van der Waals surface area contributed by atoms with Gasteiger partial charge < -0.3 is 19.9 Å². The summed E-state index contributed by atoms with van der Waals surface area (Å²) < 4.78 is 33.8. The van der Waals surface area contributed by atoms with Crippen molar-refractivity contribution in [1.82, 2.24) is 0 Å². The van der Waals surface area contributed by atoms with E-state index >= 15 is 0 Å². The van der Waals surface area contributed by atoms with Crippen LogP contribution in [-0.2, 0) is 14.3 Å². The molecule has 1 fully saturated rings. The third-order valence-electron chi connectivity index (χ3n) is 3.83. The Hall–Kier alpha value is -2.48. The number of alkyl halides is 2. The van der Waals surface area contributed by atoms with E-state index in [1.165, 1.54) is 24.3 Å². The van der Waals surface area contributed by atoms with Crippen molar-refractivity contribution in [2.45, 2.75) is 18.8 Å². The van der Waals surface area contributed by atoms with Gasteiger partial charge in [0.1, 0.15) is 11.7 Å². The molecule has 4 atom stereocenters. The maximum Gasteiger partial charge on any atom is 0.387 e. The van der Waals surface area contributed by atoms with Crippen LogP contribution in [0, 0.1) is 11.8 Å². The summed E-state index contributed by atoms with van der Waals surface area (Å²) in [6, 6.07) is 5.37. The molecule has 6 nitrogen and oxygen atoms in total. The van der Waals surface area contributed by atoms with Crippen LogP contribution in [0.1, 0.15) is 0 Å². The van der Waals surface area contributed by atoms with Crippen molar-refractivity contribution < 1.29 is 33.0 Å². The molecular weight excluding hydrogens is 312 g/mol. The molecule has 0 saturated carbocycles. The average Bonchev–Trinajstić information content (AvgIpc) is 3.09. The van der Waals surface area contributed by atoms with Gasteiger partial charge in [-0.25, -0.2) is 0 Å². The van der Waals surface area contributed by atoms with Crippen LogP contribution in [0.25, 0.3) is 0 Å². The molecular formula is C15H13F2NO5. The molecule has 0 aromatic heterocycles. The number of halogens is 2. The highest BCUT2D eigenvalue weighted by atomic mass is 19.3. The third-order valence-corrected chi connectivity index (χ3v) is 3.83. The van der Waals surface area contributed by atoms with Gasteiger partial charge >= 0.3 is 12.6 Å². The molecule has 0 aliphatic carbocycles. The SMILES string of the molecule is O=C(O)[C@@H]1[C@H](C(=O)Nc2ccc(OC(F)F)cc2)[C@H]2C=C[C@@H]1O2. The van der Waals surface area contributed by atoms with Gasteiger partial charge in [-0.3, -0.25) is 9.59 Å². The Bertz CT molecular complexity index is 646. The topological polar surface area (TPSA) is 84.9 Å². The molecule has 2 aliphatic heterocycles. The number of carbonyl (C=O) groups is 2. The smallest absolute Gasteiger partial charge is 0.387 e. The van der Waals surface area contributed by atoms with Crippen LogP contribution in [0.4, 0.5) is 14.5 Å². The Balaban J connectivity index is 1.69. The summed E-state index contributed by atoms with van der Waals surface area (Å²) in [7, 11) is 0. The van der Waals surface area contributed by atoms with Crippen LogP contribution in [0.2, 0.25) is 0 Å². The Labute approximate surface area is 129 Å². The zero-order valence-corrected chi connectivity index (χ0v) is 11.7. The molecule has 1 aromatic rings. The van der Waals surface area contributed by atoms with Gasteiger partial charge in [0, 0.05) is 5.69 Å². The first-order valence-corrected chi connectivity index (χ1v) is 6.88. The van der Waals surface area contributed by atoms with Crippen LogP contribution in [0.3, 0.4) is 0 Å². The number of hydrogen-bond acceptors (Lipinski definition) is 4. The lowest BCUT2D eigenvalue weighted by Crippen LogP contribution is -2.39. The second-order valence-electron chi connectivity index (χ2n) is 5.23. The van der Waals surface area contributed by atoms with Crippen LogP contribution in [0.15, 0.2) is 36.4 Å². The van der Waals surface area contributed by atoms with E-state index in [1.54, 1.807) is 12.2 Å². The van der Waals surface area contributed by atoms with Crippen LogP contribution in [-0.4, -0.2) is 35.8 Å². The summed E-state index contributed by atoms with van der Waals surface area (Å²) in [6.45, 7) is -2.93. The number of ether oxygens (including phenoxy) is 2. The minimum absolute atomic E-state index is 0.0346. The molecule has 2 N–H and O–H groups in total. The minimum atomic E-state index is -2.93. The lowest BCUT2D eigenvalue weighted by atomic mass is 9.82. The van der Waals surface area contributed by atoms with Gasteiger partial charge in [-0.05, 0) is 24.3 Å². The number of carboxylic acid groups (broad SMARTS) is 1. The van der Waals surface area contributed by atoms with Gasteiger partial charge in [0.2, 0.25) is 5.91 Å². The molecule has 1 aromatic carbocycles. The largest absolute Gasteiger partial charge is 0.481 e. The molecule has 2 heterocycles. The van der Waals surface area contributed by atoms with Crippen LogP contribution >= 0.6 is 0 Å². The molecule has 0 radical (unpaired) electrons. The number of carboxylic acids is 1. The third kappa shape index (κ3) is 3.02. The Morgan fingerprint density at radius 1 is 1.13 bits per heavy atom. The fourth-order valence-electron chi connectivity index (χ4n) is 2.86.